The molecule has 11 nitrogen and oxygen atoms in total. The van der Waals surface area contributed by atoms with Gasteiger partial charge in [0.25, 0.3) is 0 Å². The molecule has 4 heterocycles. The summed E-state index contributed by atoms with van der Waals surface area (Å²) >= 11 is 0. The number of rotatable bonds is 7. The van der Waals surface area contributed by atoms with E-state index in [2.05, 4.69) is 30.6 Å². The molecule has 31 heavy (non-hydrogen) atoms. The number of aromatic nitrogens is 4. The minimum Gasteiger partial charge on any atom is -0.364 e. The molecule has 1 fully saturated rings. The average molecular weight is 447 g/mol. The van der Waals surface area contributed by atoms with Crippen molar-refractivity contribution in [1.82, 2.24) is 34.3 Å². The van der Waals surface area contributed by atoms with Crippen LogP contribution < -0.4 is 5.32 Å². The van der Waals surface area contributed by atoms with Gasteiger partial charge in [-0.1, -0.05) is 11.2 Å². The number of hydrogen-bond donors (Lipinski definition) is 1. The Morgan fingerprint density at radius 3 is 2.77 bits per heavy atom. The van der Waals surface area contributed by atoms with Crippen molar-refractivity contribution in [2.24, 2.45) is 4.99 Å². The molecule has 0 unspecified atom stereocenters. The lowest BCUT2D eigenvalue weighted by Crippen LogP contribution is -2.54. The third-order valence-corrected chi connectivity index (χ3v) is 7.02. The Morgan fingerprint density at radius 1 is 1.19 bits per heavy atom. The standard InChI is InChI=1S/C19H26N8O3S/c1-20-19(21-8-4-6-18-23-22-17-5-2-3-9-27(17)18)25-10-12-26(13-11-25)31(28,29)15-16-7-14-30-24-16/h2-3,5,7,9,14H,4,6,8,10-13,15H2,1H3,(H,20,21). The number of nitrogens with zero attached hydrogens (tertiary/aromatic N) is 7. The van der Waals surface area contributed by atoms with Crippen molar-refractivity contribution in [3.63, 3.8) is 0 Å². The number of aliphatic imine (C=N–C) groups is 1. The largest absolute Gasteiger partial charge is 0.364 e. The summed E-state index contributed by atoms with van der Waals surface area (Å²) in [5.74, 6) is 1.56. The highest BCUT2D eigenvalue weighted by Gasteiger charge is 2.28. The van der Waals surface area contributed by atoms with Crippen molar-refractivity contribution in [3.05, 3.63) is 48.2 Å². The monoisotopic (exact) mass is 446 g/mol. The molecule has 0 aliphatic carbocycles. The van der Waals surface area contributed by atoms with Gasteiger partial charge in [0.1, 0.15) is 17.8 Å². The Bertz CT molecular complexity index is 1120. The fourth-order valence-corrected chi connectivity index (χ4v) is 5.03. The van der Waals surface area contributed by atoms with Crippen molar-refractivity contribution < 1.29 is 12.9 Å². The molecule has 0 spiro atoms. The van der Waals surface area contributed by atoms with Gasteiger partial charge in [-0.15, -0.1) is 10.2 Å². The first-order valence-corrected chi connectivity index (χ1v) is 11.8. The van der Waals surface area contributed by atoms with Gasteiger partial charge in [0, 0.05) is 58.5 Å². The van der Waals surface area contributed by atoms with E-state index in [9.17, 15) is 8.42 Å². The molecule has 166 valence electrons. The van der Waals surface area contributed by atoms with Crippen molar-refractivity contribution in [3.8, 4) is 0 Å². The zero-order valence-electron chi connectivity index (χ0n) is 17.4. The van der Waals surface area contributed by atoms with Gasteiger partial charge in [0.2, 0.25) is 10.0 Å². The summed E-state index contributed by atoms with van der Waals surface area (Å²) < 4.78 is 33.4. The van der Waals surface area contributed by atoms with E-state index in [4.69, 9.17) is 4.52 Å². The van der Waals surface area contributed by atoms with Crippen molar-refractivity contribution in [2.75, 3.05) is 39.8 Å². The normalized spacial score (nSPS) is 16.2. The zero-order valence-corrected chi connectivity index (χ0v) is 18.2. The van der Waals surface area contributed by atoms with Crippen LogP contribution in [0.25, 0.3) is 5.65 Å². The van der Waals surface area contributed by atoms with E-state index >= 15 is 0 Å². The van der Waals surface area contributed by atoms with Gasteiger partial charge in [-0.2, -0.15) is 4.31 Å². The molecular formula is C19H26N8O3S. The van der Waals surface area contributed by atoms with E-state index in [-0.39, 0.29) is 5.75 Å². The molecule has 4 rings (SSSR count). The minimum absolute atomic E-state index is 0.145. The summed E-state index contributed by atoms with van der Waals surface area (Å²) in [7, 11) is -1.68. The van der Waals surface area contributed by atoms with Gasteiger partial charge in [-0.05, 0) is 18.6 Å². The van der Waals surface area contributed by atoms with E-state index in [1.165, 1.54) is 10.6 Å². The number of piperazine rings is 1. The predicted octanol–water partition coefficient (Wildman–Crippen LogP) is 0.373. The summed E-state index contributed by atoms with van der Waals surface area (Å²) in [5.41, 5.74) is 1.26. The maximum Gasteiger partial charge on any atom is 0.220 e. The molecule has 0 atom stereocenters. The molecule has 3 aromatic rings. The quantitative estimate of drug-likeness (QED) is 0.314. The first-order valence-electron chi connectivity index (χ1n) is 10.2. The second kappa shape index (κ2) is 9.43. The zero-order chi connectivity index (χ0) is 21.7. The number of hydrogen-bond acceptors (Lipinski definition) is 7. The second-order valence-electron chi connectivity index (χ2n) is 7.26. The van der Waals surface area contributed by atoms with Gasteiger partial charge in [-0.3, -0.25) is 9.39 Å². The fourth-order valence-electron chi connectivity index (χ4n) is 3.61. The summed E-state index contributed by atoms with van der Waals surface area (Å²) in [5, 5.41) is 15.5. The van der Waals surface area contributed by atoms with Crippen LogP contribution in [0.3, 0.4) is 0 Å². The van der Waals surface area contributed by atoms with E-state index in [1.807, 2.05) is 28.8 Å². The SMILES string of the molecule is CN=C(NCCCc1nnc2ccccn12)N1CCN(S(=O)(=O)Cc2ccon2)CC1. The van der Waals surface area contributed by atoms with Crippen LogP contribution in [0.1, 0.15) is 17.9 Å². The van der Waals surface area contributed by atoms with Crippen molar-refractivity contribution in [2.45, 2.75) is 18.6 Å². The maximum atomic E-state index is 12.6. The molecule has 1 aliphatic heterocycles. The molecular weight excluding hydrogens is 420 g/mol. The number of guanidine groups is 1. The van der Waals surface area contributed by atoms with Gasteiger partial charge in [0.15, 0.2) is 11.6 Å². The number of nitrogens with one attached hydrogen (secondary N) is 1. The van der Waals surface area contributed by atoms with Crippen LogP contribution >= 0.6 is 0 Å². The summed E-state index contributed by atoms with van der Waals surface area (Å²) in [6, 6.07) is 7.41. The average Bonchev–Trinajstić information content (AvgIpc) is 3.44. The van der Waals surface area contributed by atoms with Crippen LogP contribution in [0.15, 0.2) is 46.2 Å². The Morgan fingerprint density at radius 2 is 2.03 bits per heavy atom. The Labute approximate surface area is 180 Å². The third-order valence-electron chi connectivity index (χ3n) is 5.21. The highest BCUT2D eigenvalue weighted by molar-refractivity contribution is 7.88. The molecule has 1 N–H and O–H groups in total. The van der Waals surface area contributed by atoms with E-state index in [0.29, 0.717) is 31.9 Å². The third kappa shape index (κ3) is 5.02. The minimum atomic E-state index is -3.42. The second-order valence-corrected chi connectivity index (χ2v) is 9.22. The van der Waals surface area contributed by atoms with E-state index < -0.39 is 10.0 Å². The number of aryl methyl sites for hydroxylation is 1. The van der Waals surface area contributed by atoms with Crippen LogP contribution in [0.2, 0.25) is 0 Å². The smallest absolute Gasteiger partial charge is 0.220 e. The van der Waals surface area contributed by atoms with Crippen molar-refractivity contribution in [1.29, 1.82) is 0 Å². The molecule has 0 saturated carbocycles. The maximum absolute atomic E-state index is 12.6. The predicted molar refractivity (Wildman–Crippen MR) is 115 cm³/mol. The lowest BCUT2D eigenvalue weighted by Gasteiger charge is -2.35. The topological polar surface area (TPSA) is 121 Å². The molecule has 0 bridgehead atoms. The molecule has 0 aromatic carbocycles. The molecule has 0 amide bonds. The van der Waals surface area contributed by atoms with Crippen LogP contribution in [0.4, 0.5) is 0 Å². The van der Waals surface area contributed by atoms with Crippen LogP contribution in [0, 0.1) is 0 Å². The first-order chi connectivity index (χ1) is 15.1. The first kappa shape index (κ1) is 21.2. The Balaban J connectivity index is 1.24. The highest BCUT2D eigenvalue weighted by atomic mass is 32.2. The number of fused-ring (bicyclic) bond motifs is 1. The summed E-state index contributed by atoms with van der Waals surface area (Å²) in [6.45, 7) is 2.71. The molecule has 1 saturated heterocycles. The fraction of sp³-hybridized carbons (Fsp3) is 0.474. The summed E-state index contributed by atoms with van der Waals surface area (Å²) in [4.78, 5) is 6.43. The number of sulfonamides is 1. The van der Waals surface area contributed by atoms with E-state index in [0.717, 1.165) is 36.8 Å². The van der Waals surface area contributed by atoms with Crippen LogP contribution in [0.5, 0.6) is 0 Å². The molecule has 1 aliphatic rings. The van der Waals surface area contributed by atoms with Crippen LogP contribution in [-0.4, -0.2) is 83.1 Å². The highest BCUT2D eigenvalue weighted by Crippen LogP contribution is 2.13. The Kier molecular flexibility index (Phi) is 6.47. The van der Waals surface area contributed by atoms with Gasteiger partial charge in [-0.25, -0.2) is 8.42 Å². The van der Waals surface area contributed by atoms with Crippen molar-refractivity contribution >= 4 is 21.6 Å². The van der Waals surface area contributed by atoms with E-state index in [1.54, 1.807) is 13.1 Å². The Hall–Kier alpha value is -2.99. The lowest BCUT2D eigenvalue weighted by molar-refractivity contribution is 0.260. The van der Waals surface area contributed by atoms with Gasteiger partial charge in [0.05, 0.1) is 5.69 Å². The molecule has 0 radical (unpaired) electrons. The number of pyridine rings is 1. The van der Waals surface area contributed by atoms with Gasteiger partial charge >= 0.3 is 0 Å². The summed E-state index contributed by atoms with van der Waals surface area (Å²) in [6.07, 6.45) is 5.02. The lowest BCUT2D eigenvalue weighted by atomic mass is 10.3. The molecule has 12 heteroatoms. The van der Waals surface area contributed by atoms with Gasteiger partial charge < -0.3 is 14.7 Å². The molecule has 3 aromatic heterocycles. The van der Waals surface area contributed by atoms with Crippen LogP contribution in [-0.2, 0) is 22.2 Å².